The number of alkyl carbamates (subject to hydrolysis) is 1. The predicted molar refractivity (Wildman–Crippen MR) is 367 cm³/mol. The zero-order valence-corrected chi connectivity index (χ0v) is 56.4. The number of hydrogen-bond acceptors (Lipinski definition) is 18. The van der Waals surface area contributed by atoms with Crippen molar-refractivity contribution in [1.82, 2.24) is 5.32 Å². The molecule has 15 atom stereocenters. The first-order valence-electron chi connectivity index (χ1n) is 32.7. The van der Waals surface area contributed by atoms with Crippen LogP contribution in [0.1, 0.15) is 49.3 Å². The highest BCUT2D eigenvalue weighted by Crippen LogP contribution is 2.39. The summed E-state index contributed by atoms with van der Waals surface area (Å²) in [5.41, 5.74) is 5.91. The first-order chi connectivity index (χ1) is 48.4. The predicted octanol–water partition coefficient (Wildman–Crippen LogP) is 12.0. The van der Waals surface area contributed by atoms with Crippen molar-refractivity contribution in [3.05, 3.63) is 287 Å². The summed E-state index contributed by atoms with van der Waals surface area (Å²) in [6, 6.07) is 73.1. The van der Waals surface area contributed by atoms with Gasteiger partial charge in [-0.3, -0.25) is 0 Å². The Morgan fingerprint density at radius 1 is 0.384 bits per heavy atom. The lowest BCUT2D eigenvalue weighted by Gasteiger charge is -2.51. The quantitative estimate of drug-likeness (QED) is 0.0264. The fourth-order valence-corrected chi connectivity index (χ4v) is 11.9. The van der Waals surface area contributed by atoms with Crippen molar-refractivity contribution in [2.45, 2.75) is 142 Å². The number of benzene rings is 8. The maximum absolute atomic E-state index is 14.7. The summed E-state index contributed by atoms with van der Waals surface area (Å²) < 4.78 is 92.9. The van der Waals surface area contributed by atoms with E-state index in [1.54, 1.807) is 18.2 Å². The average Bonchev–Trinajstić information content (AvgIpc) is 0.775. The fraction of sp³-hybridized carbons (Fsp3) is 0.351. The molecule has 22 heteroatoms. The van der Waals surface area contributed by atoms with Crippen molar-refractivity contribution >= 4 is 46.9 Å². The Bertz CT molecular complexity index is 3620. The first kappa shape index (κ1) is 73.0. The number of carbonyl (C=O) groups is 2. The van der Waals surface area contributed by atoms with Gasteiger partial charge in [-0.05, 0) is 51.1 Å². The Morgan fingerprint density at radius 3 is 1.12 bits per heavy atom. The average molecular weight is 1410 g/mol. The number of halogens is 3. The Labute approximate surface area is 590 Å². The topological polar surface area (TPSA) is 216 Å². The van der Waals surface area contributed by atoms with Crippen molar-refractivity contribution in [2.24, 2.45) is 0 Å². The van der Waals surface area contributed by atoms with E-state index in [-0.39, 0.29) is 71.6 Å². The number of aliphatic hydroxyl groups is 2. The molecular formula is C77H80Cl3NO18. The van der Waals surface area contributed by atoms with Crippen LogP contribution < -0.4 is 5.32 Å². The molecule has 0 saturated carbocycles. The SMILES string of the molecule is O=C(N[C@@H]1[C@@H](OC(=O)c2ccccc2)[C@@H](O[C@H]2O[C@H](COCc3ccccc3)[C@@H](OCc3ccccc3)[C@H](OCc3ccccc3)[C@@H]2O[C@H]2O[C@H](COCc3ccccc3)[C@@H](OCc3ccccc3)[C@H](OCc3ccccc3)[C@@H]2O)[C@@H](COCc2ccccc2)O[C@H]1O)OCC(Cl)(Cl)Cl. The highest BCUT2D eigenvalue weighted by molar-refractivity contribution is 6.67. The van der Waals surface area contributed by atoms with E-state index in [0.29, 0.717) is 0 Å². The van der Waals surface area contributed by atoms with Crippen LogP contribution in [0.4, 0.5) is 4.79 Å². The summed E-state index contributed by atoms with van der Waals surface area (Å²) in [5, 5.41) is 28.1. The number of nitrogens with one attached hydrogen (secondary N) is 1. The summed E-state index contributed by atoms with van der Waals surface area (Å²) in [6.07, 6.45) is -20.9. The van der Waals surface area contributed by atoms with Gasteiger partial charge in [0.1, 0.15) is 73.7 Å². The Kier molecular flexibility index (Phi) is 27.6. The molecule has 99 heavy (non-hydrogen) atoms. The van der Waals surface area contributed by atoms with E-state index in [0.717, 1.165) is 38.9 Å². The summed E-state index contributed by atoms with van der Waals surface area (Å²) in [5.74, 6) is -0.887. The van der Waals surface area contributed by atoms with Gasteiger partial charge < -0.3 is 81.8 Å². The van der Waals surface area contributed by atoms with E-state index in [2.05, 4.69) is 5.32 Å². The molecule has 8 aromatic rings. The molecular weight excluding hydrogens is 1330 g/mol. The molecule has 1 amide bonds. The molecule has 8 aromatic carbocycles. The minimum absolute atomic E-state index is 0.0303. The minimum Gasteiger partial charge on any atom is -0.453 e. The molecule has 3 saturated heterocycles. The molecule has 0 bridgehead atoms. The second-order valence-corrected chi connectivity index (χ2v) is 26.5. The third kappa shape index (κ3) is 21.9. The van der Waals surface area contributed by atoms with Crippen LogP contribution in [0.25, 0.3) is 0 Å². The van der Waals surface area contributed by atoms with Crippen LogP contribution in [0, 0.1) is 0 Å². The van der Waals surface area contributed by atoms with Crippen LogP contribution in [0.5, 0.6) is 0 Å². The van der Waals surface area contributed by atoms with Crippen molar-refractivity contribution < 1.29 is 86.1 Å². The number of ether oxygens (including phenoxy) is 14. The molecule has 3 heterocycles. The maximum Gasteiger partial charge on any atom is 0.407 e. The van der Waals surface area contributed by atoms with Crippen LogP contribution in [0.2, 0.25) is 0 Å². The van der Waals surface area contributed by atoms with Gasteiger partial charge in [0.05, 0.1) is 71.6 Å². The van der Waals surface area contributed by atoms with Gasteiger partial charge in [-0.15, -0.1) is 0 Å². The summed E-state index contributed by atoms with van der Waals surface area (Å²) in [4.78, 5) is 28.6. The lowest BCUT2D eigenvalue weighted by atomic mass is 9.94. The zero-order valence-electron chi connectivity index (χ0n) is 54.1. The lowest BCUT2D eigenvalue weighted by molar-refractivity contribution is -0.393. The normalized spacial score (nSPS) is 25.5. The largest absolute Gasteiger partial charge is 0.453 e. The maximum atomic E-state index is 14.7. The molecule has 19 nitrogen and oxygen atoms in total. The van der Waals surface area contributed by atoms with Gasteiger partial charge in [0, 0.05) is 0 Å². The van der Waals surface area contributed by atoms with Gasteiger partial charge >= 0.3 is 12.1 Å². The summed E-state index contributed by atoms with van der Waals surface area (Å²) in [7, 11) is 0. The van der Waals surface area contributed by atoms with Crippen LogP contribution in [0.15, 0.2) is 243 Å². The van der Waals surface area contributed by atoms with Gasteiger partial charge in [0.2, 0.25) is 3.79 Å². The lowest BCUT2D eigenvalue weighted by Crippen LogP contribution is -2.69. The Morgan fingerprint density at radius 2 is 0.717 bits per heavy atom. The van der Waals surface area contributed by atoms with Crippen LogP contribution in [0.3, 0.4) is 0 Å². The molecule has 3 N–H and O–H groups in total. The highest BCUT2D eigenvalue weighted by Gasteiger charge is 2.57. The standard InChI is InChI=1S/C77H80Cl3NO18/c78-77(79,80)51-93-76(85)81-63-68(97-72(83)59-39-23-8-24-40-59)67(62(94-73(63)84)50-88-43-54-29-13-3-14-30-54)98-75-71(70(92-47-58-37-21-7-22-38-58)66(90-45-56-33-17-5-18-34-56)61(96-75)49-87-42-53-27-11-2-12-28-53)99-74-64(82)69(91-46-57-35-19-6-20-36-57)65(89-44-55-31-15-4-16-32-55)60(95-74)48-86-41-52-25-9-1-10-26-52/h1-40,60-71,73-75,82,84H,41-51H2,(H,81,85)/t60-,61-,62-,63-,64+,65-,66-,67+,68-,69-,70+,71+,73-,74-,75-/m1/s1. The molecule has 0 unspecified atom stereocenters. The Hall–Kier alpha value is -7.19. The van der Waals surface area contributed by atoms with Gasteiger partial charge in [-0.1, -0.05) is 265 Å². The van der Waals surface area contributed by atoms with E-state index < -0.39 is 115 Å². The van der Waals surface area contributed by atoms with Crippen LogP contribution in [-0.4, -0.2) is 145 Å². The number of hydrogen-bond donors (Lipinski definition) is 3. The van der Waals surface area contributed by atoms with Crippen molar-refractivity contribution in [3.8, 4) is 0 Å². The monoisotopic (exact) mass is 1410 g/mol. The number of amides is 1. The zero-order chi connectivity index (χ0) is 68.6. The molecule has 0 radical (unpaired) electrons. The van der Waals surface area contributed by atoms with Crippen molar-refractivity contribution in [1.29, 1.82) is 0 Å². The Balaban J connectivity index is 1.04. The number of carbonyl (C=O) groups excluding carboxylic acids is 2. The third-order valence-corrected chi connectivity index (χ3v) is 17.0. The molecule has 11 rings (SSSR count). The van der Waals surface area contributed by atoms with Gasteiger partial charge in [-0.2, -0.15) is 0 Å². The number of rotatable bonds is 32. The van der Waals surface area contributed by atoms with Crippen molar-refractivity contribution in [3.63, 3.8) is 0 Å². The molecule has 0 aliphatic carbocycles. The van der Waals surface area contributed by atoms with Gasteiger partial charge in [0.25, 0.3) is 0 Å². The van der Waals surface area contributed by atoms with Crippen LogP contribution in [-0.2, 0) is 113 Å². The highest BCUT2D eigenvalue weighted by atomic mass is 35.6. The molecule has 0 aromatic heterocycles. The fourth-order valence-electron chi connectivity index (χ4n) is 11.8. The summed E-state index contributed by atoms with van der Waals surface area (Å²) >= 11 is 18.2. The second kappa shape index (κ2) is 37.5. The molecule has 3 fully saturated rings. The number of esters is 1. The molecule has 3 aliphatic heterocycles. The van der Waals surface area contributed by atoms with Gasteiger partial charge in [-0.25, -0.2) is 9.59 Å². The minimum atomic E-state index is -2.05. The summed E-state index contributed by atoms with van der Waals surface area (Å²) in [6.45, 7) is -0.702. The molecule has 0 spiro atoms. The van der Waals surface area contributed by atoms with E-state index in [1.165, 1.54) is 12.1 Å². The van der Waals surface area contributed by atoms with Crippen molar-refractivity contribution in [2.75, 3.05) is 26.4 Å². The van der Waals surface area contributed by atoms with E-state index >= 15 is 0 Å². The van der Waals surface area contributed by atoms with Gasteiger partial charge in [0.15, 0.2) is 25.0 Å². The molecule has 3 aliphatic rings. The second-order valence-electron chi connectivity index (χ2n) is 24.0. The van der Waals surface area contributed by atoms with E-state index in [4.69, 9.17) is 101 Å². The first-order valence-corrected chi connectivity index (χ1v) is 33.9. The molecule has 522 valence electrons. The van der Waals surface area contributed by atoms with E-state index in [1.807, 2.05) is 212 Å². The number of alkyl halides is 3. The van der Waals surface area contributed by atoms with Crippen LogP contribution >= 0.6 is 34.8 Å². The third-order valence-electron chi connectivity index (χ3n) is 16.7. The van der Waals surface area contributed by atoms with E-state index in [9.17, 15) is 19.8 Å². The smallest absolute Gasteiger partial charge is 0.407 e. The number of aliphatic hydroxyl groups excluding tert-OH is 2.